The topological polar surface area (TPSA) is 59.6 Å². The Morgan fingerprint density at radius 1 is 0.897 bits per heavy atom. The fourth-order valence-electron chi connectivity index (χ4n) is 3.50. The minimum absolute atomic E-state index is 0.0671. The molecular weight excluding hydrogens is 364 g/mol. The summed E-state index contributed by atoms with van der Waals surface area (Å²) in [5.41, 5.74) is 4.15. The monoisotopic (exact) mass is 388 g/mol. The van der Waals surface area contributed by atoms with E-state index < -0.39 is 0 Å². The number of urea groups is 1. The van der Waals surface area contributed by atoms with Crippen LogP contribution in [0.3, 0.4) is 0 Å². The molecule has 148 valence electrons. The van der Waals surface area contributed by atoms with Crippen LogP contribution in [-0.4, -0.2) is 18.9 Å². The number of aryl methyl sites for hydroxylation is 1. The van der Waals surface area contributed by atoms with Gasteiger partial charge >= 0.3 is 6.03 Å². The van der Waals surface area contributed by atoms with Crippen molar-refractivity contribution in [2.75, 3.05) is 12.1 Å². The summed E-state index contributed by atoms with van der Waals surface area (Å²) in [5, 5.41) is 6.06. The molecule has 1 heterocycles. The van der Waals surface area contributed by atoms with Crippen LogP contribution < -0.4 is 20.1 Å². The van der Waals surface area contributed by atoms with Gasteiger partial charge in [0.05, 0.1) is 0 Å². The number of fused-ring (bicyclic) bond motifs is 1. The first kappa shape index (κ1) is 18.9. The van der Waals surface area contributed by atoms with E-state index in [0.717, 1.165) is 34.7 Å². The van der Waals surface area contributed by atoms with Crippen LogP contribution >= 0.6 is 0 Å². The molecule has 2 N–H and O–H groups in total. The van der Waals surface area contributed by atoms with Crippen LogP contribution in [-0.2, 0) is 12.8 Å². The zero-order valence-electron chi connectivity index (χ0n) is 16.4. The highest BCUT2D eigenvalue weighted by Crippen LogP contribution is 2.32. The van der Waals surface area contributed by atoms with E-state index in [1.807, 2.05) is 67.6 Å². The van der Waals surface area contributed by atoms with Gasteiger partial charge in [0.1, 0.15) is 0 Å². The van der Waals surface area contributed by atoms with Crippen LogP contribution in [0.1, 0.15) is 16.7 Å². The Morgan fingerprint density at radius 2 is 1.69 bits per heavy atom. The summed E-state index contributed by atoms with van der Waals surface area (Å²) >= 11 is 0. The molecule has 0 saturated heterocycles. The maximum Gasteiger partial charge on any atom is 0.319 e. The summed E-state index contributed by atoms with van der Waals surface area (Å²) in [6.45, 7) is 2.25. The van der Waals surface area contributed by atoms with Gasteiger partial charge in [0, 0.05) is 11.7 Å². The number of carbonyl (C=O) groups is 1. The van der Waals surface area contributed by atoms with E-state index in [9.17, 15) is 4.79 Å². The largest absolute Gasteiger partial charge is 0.454 e. The van der Waals surface area contributed by atoms with Crippen molar-refractivity contribution >= 4 is 11.7 Å². The SMILES string of the molecule is Cc1cccc(NC(=O)N[C@@H](Cc2ccccc2)Cc2ccc3c(c2)OCO3)c1. The number of rotatable bonds is 6. The van der Waals surface area contributed by atoms with Gasteiger partial charge in [0.25, 0.3) is 0 Å². The Hall–Kier alpha value is -3.47. The fourth-order valence-corrected chi connectivity index (χ4v) is 3.50. The van der Waals surface area contributed by atoms with Crippen LogP contribution in [0.5, 0.6) is 11.5 Å². The molecule has 0 aliphatic carbocycles. The van der Waals surface area contributed by atoms with Crippen molar-refractivity contribution in [3.05, 3.63) is 89.5 Å². The van der Waals surface area contributed by atoms with Gasteiger partial charge in [0.2, 0.25) is 6.79 Å². The first-order valence-corrected chi connectivity index (χ1v) is 9.72. The van der Waals surface area contributed by atoms with E-state index in [2.05, 4.69) is 22.8 Å². The molecule has 4 rings (SSSR count). The normalized spacial score (nSPS) is 13.0. The second-order valence-electron chi connectivity index (χ2n) is 7.25. The lowest BCUT2D eigenvalue weighted by atomic mass is 9.98. The molecule has 0 bridgehead atoms. The zero-order chi connectivity index (χ0) is 20.1. The highest BCUT2D eigenvalue weighted by atomic mass is 16.7. The first-order valence-electron chi connectivity index (χ1n) is 9.72. The van der Waals surface area contributed by atoms with Gasteiger partial charge in [-0.15, -0.1) is 0 Å². The Morgan fingerprint density at radius 3 is 2.52 bits per heavy atom. The average Bonchev–Trinajstić information content (AvgIpc) is 3.16. The molecular formula is C24H24N2O3. The van der Waals surface area contributed by atoms with Crippen molar-refractivity contribution in [3.8, 4) is 11.5 Å². The van der Waals surface area contributed by atoms with Crippen molar-refractivity contribution in [2.24, 2.45) is 0 Å². The van der Waals surface area contributed by atoms with Crippen molar-refractivity contribution in [1.82, 2.24) is 5.32 Å². The molecule has 3 aromatic rings. The van der Waals surface area contributed by atoms with Gasteiger partial charge in [-0.2, -0.15) is 0 Å². The predicted octanol–water partition coefficient (Wildman–Crippen LogP) is 4.70. The van der Waals surface area contributed by atoms with Crippen LogP contribution in [0.4, 0.5) is 10.5 Å². The maximum atomic E-state index is 12.6. The van der Waals surface area contributed by atoms with E-state index in [0.29, 0.717) is 6.42 Å². The smallest absolute Gasteiger partial charge is 0.319 e. The Balaban J connectivity index is 1.47. The third kappa shape index (κ3) is 5.08. The van der Waals surface area contributed by atoms with Crippen LogP contribution in [0, 0.1) is 6.92 Å². The van der Waals surface area contributed by atoms with Gasteiger partial charge in [-0.05, 0) is 60.7 Å². The number of anilines is 1. The Kier molecular flexibility index (Phi) is 5.66. The van der Waals surface area contributed by atoms with Crippen molar-refractivity contribution in [2.45, 2.75) is 25.8 Å². The molecule has 2 amide bonds. The molecule has 5 nitrogen and oxygen atoms in total. The standard InChI is InChI=1S/C24H24N2O3/c1-17-6-5-9-20(12-17)25-24(27)26-21(13-18-7-3-2-4-8-18)14-19-10-11-22-23(15-19)29-16-28-22/h2-12,15,21H,13-14,16H2,1H3,(H2,25,26,27)/t21-/m0/s1. The summed E-state index contributed by atoms with van der Waals surface area (Å²) in [5.74, 6) is 1.52. The number of ether oxygens (including phenoxy) is 2. The lowest BCUT2D eigenvalue weighted by molar-refractivity contribution is 0.174. The second-order valence-corrected chi connectivity index (χ2v) is 7.25. The van der Waals surface area contributed by atoms with Crippen LogP contribution in [0.25, 0.3) is 0 Å². The minimum Gasteiger partial charge on any atom is -0.454 e. The highest BCUT2D eigenvalue weighted by Gasteiger charge is 2.18. The summed E-state index contributed by atoms with van der Waals surface area (Å²) in [4.78, 5) is 12.6. The van der Waals surface area contributed by atoms with Crippen molar-refractivity contribution in [3.63, 3.8) is 0 Å². The molecule has 0 spiro atoms. The highest BCUT2D eigenvalue weighted by molar-refractivity contribution is 5.89. The molecule has 0 unspecified atom stereocenters. The Labute approximate surface area is 170 Å². The second kappa shape index (κ2) is 8.69. The van der Waals surface area contributed by atoms with Crippen LogP contribution in [0.2, 0.25) is 0 Å². The molecule has 1 aliphatic heterocycles. The number of amides is 2. The molecule has 3 aromatic carbocycles. The molecule has 0 aromatic heterocycles. The van der Waals surface area contributed by atoms with Gasteiger partial charge in [-0.1, -0.05) is 48.5 Å². The lowest BCUT2D eigenvalue weighted by Crippen LogP contribution is -2.40. The van der Waals surface area contributed by atoms with E-state index in [4.69, 9.17) is 9.47 Å². The van der Waals surface area contributed by atoms with E-state index in [1.165, 1.54) is 5.56 Å². The molecule has 5 heteroatoms. The number of carbonyl (C=O) groups excluding carboxylic acids is 1. The van der Waals surface area contributed by atoms with Crippen molar-refractivity contribution < 1.29 is 14.3 Å². The lowest BCUT2D eigenvalue weighted by Gasteiger charge is -2.20. The summed E-state index contributed by atoms with van der Waals surface area (Å²) in [6, 6.07) is 23.6. The number of hydrogen-bond acceptors (Lipinski definition) is 3. The molecule has 0 saturated carbocycles. The maximum absolute atomic E-state index is 12.6. The van der Waals surface area contributed by atoms with Crippen molar-refractivity contribution in [1.29, 1.82) is 0 Å². The third-order valence-electron chi connectivity index (χ3n) is 4.86. The van der Waals surface area contributed by atoms with E-state index >= 15 is 0 Å². The summed E-state index contributed by atoms with van der Waals surface area (Å²) in [6.07, 6.45) is 1.42. The summed E-state index contributed by atoms with van der Waals surface area (Å²) in [7, 11) is 0. The molecule has 29 heavy (non-hydrogen) atoms. The number of hydrogen-bond donors (Lipinski definition) is 2. The van der Waals surface area contributed by atoms with Gasteiger partial charge in [-0.25, -0.2) is 4.79 Å². The molecule has 1 aliphatic rings. The minimum atomic E-state index is -0.211. The van der Waals surface area contributed by atoms with E-state index in [-0.39, 0.29) is 18.9 Å². The molecule has 1 atom stereocenters. The predicted molar refractivity (Wildman–Crippen MR) is 114 cm³/mol. The third-order valence-corrected chi connectivity index (χ3v) is 4.86. The van der Waals surface area contributed by atoms with E-state index in [1.54, 1.807) is 0 Å². The fraction of sp³-hybridized carbons (Fsp3) is 0.208. The molecule has 0 fully saturated rings. The number of nitrogens with one attached hydrogen (secondary N) is 2. The van der Waals surface area contributed by atoms with Gasteiger partial charge in [0.15, 0.2) is 11.5 Å². The summed E-state index contributed by atoms with van der Waals surface area (Å²) < 4.78 is 10.9. The Bertz CT molecular complexity index is 988. The average molecular weight is 388 g/mol. The first-order chi connectivity index (χ1) is 14.2. The number of benzene rings is 3. The molecule has 0 radical (unpaired) electrons. The quantitative estimate of drug-likeness (QED) is 0.644. The zero-order valence-corrected chi connectivity index (χ0v) is 16.4. The van der Waals surface area contributed by atoms with Gasteiger partial charge in [-0.3, -0.25) is 0 Å². The van der Waals surface area contributed by atoms with Gasteiger partial charge < -0.3 is 20.1 Å². The van der Waals surface area contributed by atoms with Crippen LogP contribution in [0.15, 0.2) is 72.8 Å².